The molecule has 0 atom stereocenters. The Morgan fingerprint density at radius 2 is 2.25 bits per heavy atom. The lowest BCUT2D eigenvalue weighted by Gasteiger charge is -2.05. The molecule has 1 aromatic carbocycles. The molecule has 4 rings (SSSR count). The number of benzene rings is 1. The van der Waals surface area contributed by atoms with Gasteiger partial charge in [0, 0.05) is 20.9 Å². The number of hydrogen-bond donors (Lipinski definition) is 0. The van der Waals surface area contributed by atoms with Gasteiger partial charge in [-0.3, -0.25) is 0 Å². The highest BCUT2D eigenvalue weighted by molar-refractivity contribution is 7.19. The minimum absolute atomic E-state index is 0.0215. The van der Waals surface area contributed by atoms with Crippen LogP contribution in [0.15, 0.2) is 28.7 Å². The average molecular weight is 342 g/mol. The van der Waals surface area contributed by atoms with Crippen LogP contribution in [0.1, 0.15) is 47.4 Å². The second kappa shape index (κ2) is 6.57. The van der Waals surface area contributed by atoms with Gasteiger partial charge in [-0.15, -0.1) is 11.3 Å². The molecule has 0 amide bonds. The number of oxazole rings is 1. The summed E-state index contributed by atoms with van der Waals surface area (Å²) in [6.45, 7) is 2.35. The van der Waals surface area contributed by atoms with E-state index in [0.717, 1.165) is 34.9 Å². The van der Waals surface area contributed by atoms with Gasteiger partial charge in [-0.25, -0.2) is 10.1 Å². The maximum atomic E-state index is 10.7. The van der Waals surface area contributed by atoms with Crippen molar-refractivity contribution in [2.45, 2.75) is 45.1 Å². The van der Waals surface area contributed by atoms with Crippen molar-refractivity contribution in [1.82, 2.24) is 4.98 Å². The molecule has 1 radical (unpaired) electrons. The number of fused-ring (bicyclic) bond motifs is 1. The van der Waals surface area contributed by atoms with Gasteiger partial charge in [-0.2, -0.15) is 0 Å². The van der Waals surface area contributed by atoms with Gasteiger partial charge in [-0.1, -0.05) is 6.07 Å². The fourth-order valence-electron chi connectivity index (χ4n) is 2.82. The second-order valence-corrected chi connectivity index (χ2v) is 7.47. The molecule has 0 saturated heterocycles. The van der Waals surface area contributed by atoms with Gasteiger partial charge < -0.3 is 9.15 Å². The lowest BCUT2D eigenvalue weighted by atomic mass is 10.2. The third-order valence-electron chi connectivity index (χ3n) is 4.34. The minimum Gasteiger partial charge on any atom is -0.486 e. The van der Waals surface area contributed by atoms with Gasteiger partial charge in [0.15, 0.2) is 5.89 Å². The van der Waals surface area contributed by atoms with Crippen LogP contribution in [0.3, 0.4) is 0 Å². The third-order valence-corrected chi connectivity index (χ3v) is 5.50. The Kier molecular flexibility index (Phi) is 4.29. The van der Waals surface area contributed by atoms with Gasteiger partial charge in [0.1, 0.15) is 23.8 Å². The third kappa shape index (κ3) is 3.19. The molecular formula is C19H20NO3S. The van der Waals surface area contributed by atoms with E-state index in [9.17, 15) is 5.11 Å². The van der Waals surface area contributed by atoms with E-state index >= 15 is 0 Å². The zero-order valence-electron chi connectivity index (χ0n) is 13.7. The van der Waals surface area contributed by atoms with Crippen molar-refractivity contribution < 1.29 is 14.3 Å². The number of aromatic nitrogens is 1. The fourth-order valence-corrected chi connectivity index (χ4v) is 3.94. The number of thiophene rings is 1. The number of ether oxygens (including phenoxy) is 1. The summed E-state index contributed by atoms with van der Waals surface area (Å²) >= 11 is 1.74. The summed E-state index contributed by atoms with van der Waals surface area (Å²) in [6, 6.07) is 8.25. The highest BCUT2D eigenvalue weighted by Gasteiger charge is 2.29. The maximum absolute atomic E-state index is 10.7. The molecule has 0 aliphatic heterocycles. The van der Waals surface area contributed by atoms with Gasteiger partial charge in [0.25, 0.3) is 0 Å². The van der Waals surface area contributed by atoms with E-state index in [0.29, 0.717) is 18.9 Å². The molecule has 4 nitrogen and oxygen atoms in total. The van der Waals surface area contributed by atoms with E-state index in [1.807, 2.05) is 19.1 Å². The molecule has 2 aromatic heterocycles. The molecule has 0 unspecified atom stereocenters. The van der Waals surface area contributed by atoms with Crippen LogP contribution in [0.2, 0.25) is 0 Å². The van der Waals surface area contributed by atoms with Crippen LogP contribution >= 0.6 is 11.3 Å². The summed E-state index contributed by atoms with van der Waals surface area (Å²) in [5.41, 5.74) is 0.885. The first kappa shape index (κ1) is 15.7. The zero-order valence-corrected chi connectivity index (χ0v) is 14.5. The summed E-state index contributed by atoms with van der Waals surface area (Å²) in [7, 11) is 0. The van der Waals surface area contributed by atoms with E-state index in [4.69, 9.17) is 9.15 Å². The van der Waals surface area contributed by atoms with E-state index in [-0.39, 0.29) is 6.61 Å². The lowest BCUT2D eigenvalue weighted by molar-refractivity contribution is 0.189. The highest BCUT2D eigenvalue weighted by Crippen LogP contribution is 2.40. The lowest BCUT2D eigenvalue weighted by Crippen LogP contribution is -1.98. The Balaban J connectivity index is 1.52. The molecule has 2 heterocycles. The summed E-state index contributed by atoms with van der Waals surface area (Å²) in [6.07, 6.45) is 3.89. The highest BCUT2D eigenvalue weighted by atomic mass is 32.1. The molecule has 1 fully saturated rings. The Labute approximate surface area is 145 Å². The van der Waals surface area contributed by atoms with Crippen molar-refractivity contribution in [2.24, 2.45) is 0 Å². The predicted molar refractivity (Wildman–Crippen MR) is 93.2 cm³/mol. The molecule has 0 spiro atoms. The van der Waals surface area contributed by atoms with Crippen LogP contribution in [0.4, 0.5) is 0 Å². The van der Waals surface area contributed by atoms with E-state index in [2.05, 4.69) is 17.1 Å². The number of aryl methyl sites for hydroxylation is 2. The van der Waals surface area contributed by atoms with Crippen molar-refractivity contribution in [1.29, 1.82) is 0 Å². The van der Waals surface area contributed by atoms with Gasteiger partial charge >= 0.3 is 0 Å². The Hall–Kier alpha value is -1.85. The molecule has 1 saturated carbocycles. The molecule has 125 valence electrons. The zero-order chi connectivity index (χ0) is 16.5. The van der Waals surface area contributed by atoms with Crippen molar-refractivity contribution in [2.75, 3.05) is 6.61 Å². The van der Waals surface area contributed by atoms with Crippen LogP contribution < -0.4 is 4.74 Å². The molecule has 0 N–H and O–H groups in total. The van der Waals surface area contributed by atoms with Gasteiger partial charge in [-0.05, 0) is 50.8 Å². The van der Waals surface area contributed by atoms with Crippen LogP contribution in [-0.4, -0.2) is 11.6 Å². The second-order valence-electron chi connectivity index (χ2n) is 6.31. The Morgan fingerprint density at radius 3 is 3.04 bits per heavy atom. The standard InChI is InChI=1S/C19H20NO3S/c1-12-16(20-19(23-12)13-7-8-13)11-22-17-5-2-6-18-15(17)10-14(24-18)4-3-9-21/h2,5-6,10,13H,3-4,7-9,11H2,1H3. The van der Waals surface area contributed by atoms with Crippen molar-refractivity contribution >= 4 is 21.4 Å². The van der Waals surface area contributed by atoms with E-state index in [1.54, 1.807) is 11.3 Å². The molecule has 1 aliphatic rings. The predicted octanol–water partition coefficient (Wildman–Crippen LogP) is 5.02. The summed E-state index contributed by atoms with van der Waals surface area (Å²) < 4.78 is 13.0. The van der Waals surface area contributed by atoms with E-state index < -0.39 is 0 Å². The monoisotopic (exact) mass is 342 g/mol. The molecule has 1 aliphatic carbocycles. The van der Waals surface area contributed by atoms with Crippen molar-refractivity contribution in [3.05, 3.63) is 46.5 Å². The van der Waals surface area contributed by atoms with Gasteiger partial charge in [0.05, 0.1) is 6.61 Å². The van der Waals surface area contributed by atoms with Crippen LogP contribution in [0.25, 0.3) is 10.1 Å². The molecule has 3 aromatic rings. The van der Waals surface area contributed by atoms with Crippen LogP contribution in [-0.2, 0) is 18.1 Å². The Bertz CT molecular complexity index is 848. The molecule has 24 heavy (non-hydrogen) atoms. The number of nitrogens with zero attached hydrogens (tertiary/aromatic N) is 1. The van der Waals surface area contributed by atoms with Crippen LogP contribution in [0, 0.1) is 6.92 Å². The van der Waals surface area contributed by atoms with Crippen molar-refractivity contribution in [3.8, 4) is 5.75 Å². The normalized spacial score (nSPS) is 14.4. The quantitative estimate of drug-likeness (QED) is 0.606. The first-order valence-corrected chi connectivity index (χ1v) is 9.25. The average Bonchev–Trinajstić information content (AvgIpc) is 3.24. The SMILES string of the molecule is Cc1oc(C2CC2)nc1COc1cccc2sc(CCC[O])cc12. The van der Waals surface area contributed by atoms with E-state index in [1.165, 1.54) is 22.4 Å². The largest absolute Gasteiger partial charge is 0.486 e. The summed E-state index contributed by atoms with van der Waals surface area (Å²) in [5, 5.41) is 11.8. The molecular weight excluding hydrogens is 322 g/mol. The maximum Gasteiger partial charge on any atom is 0.197 e. The van der Waals surface area contributed by atoms with Crippen molar-refractivity contribution in [3.63, 3.8) is 0 Å². The summed E-state index contributed by atoms with van der Waals surface area (Å²) in [4.78, 5) is 5.83. The molecule has 0 bridgehead atoms. The molecule has 5 heteroatoms. The summed E-state index contributed by atoms with van der Waals surface area (Å²) in [5.74, 6) is 3.10. The Morgan fingerprint density at radius 1 is 1.38 bits per heavy atom. The number of rotatable bonds is 7. The van der Waals surface area contributed by atoms with Gasteiger partial charge in [0.2, 0.25) is 0 Å². The fraction of sp³-hybridized carbons (Fsp3) is 0.421. The first-order valence-electron chi connectivity index (χ1n) is 8.43. The minimum atomic E-state index is -0.0215. The number of hydrogen-bond acceptors (Lipinski definition) is 4. The smallest absolute Gasteiger partial charge is 0.197 e. The van der Waals surface area contributed by atoms with Crippen LogP contribution in [0.5, 0.6) is 5.75 Å². The topological polar surface area (TPSA) is 55.2 Å². The first-order chi connectivity index (χ1) is 11.7.